The summed E-state index contributed by atoms with van der Waals surface area (Å²) in [5, 5.41) is 0. The molecule has 4 heteroatoms. The highest BCUT2D eigenvalue weighted by Gasteiger charge is 2.32. The molecule has 1 saturated carbocycles. The molecule has 1 aliphatic carbocycles. The zero-order valence-electron chi connectivity index (χ0n) is 11.1. The summed E-state index contributed by atoms with van der Waals surface area (Å²) in [6.07, 6.45) is 2.35. The minimum absolute atomic E-state index is 0.212. The minimum Gasteiger partial charge on any atom is -0.369 e. The summed E-state index contributed by atoms with van der Waals surface area (Å²) in [5.74, 6) is 0.465. The van der Waals surface area contributed by atoms with Crippen molar-refractivity contribution in [3.05, 3.63) is 12.2 Å². The first-order valence-electron chi connectivity index (χ1n) is 6.75. The van der Waals surface area contributed by atoms with E-state index in [1.807, 2.05) is 0 Å². The summed E-state index contributed by atoms with van der Waals surface area (Å²) < 4.78 is 41.0. The Morgan fingerprint density at radius 1 is 1.33 bits per heavy atom. The normalized spacial score (nSPS) is 24.4. The molecule has 0 aromatic heterocycles. The molecule has 0 radical (unpaired) electrons. The third-order valence-electron chi connectivity index (χ3n) is 3.44. The highest BCUT2D eigenvalue weighted by molar-refractivity contribution is 4.97. The molecule has 1 aliphatic rings. The Bertz CT molecular complexity index is 260. The van der Waals surface area contributed by atoms with Gasteiger partial charge in [-0.25, -0.2) is 0 Å². The molecule has 2 unspecified atom stereocenters. The van der Waals surface area contributed by atoms with Gasteiger partial charge in [-0.3, -0.25) is 0 Å². The van der Waals surface area contributed by atoms with Gasteiger partial charge in [0.1, 0.15) is 6.61 Å². The van der Waals surface area contributed by atoms with E-state index in [-0.39, 0.29) is 6.10 Å². The van der Waals surface area contributed by atoms with Gasteiger partial charge in [-0.2, -0.15) is 13.2 Å². The van der Waals surface area contributed by atoms with E-state index in [1.165, 1.54) is 5.57 Å². The van der Waals surface area contributed by atoms with Crippen molar-refractivity contribution in [1.29, 1.82) is 0 Å². The average Bonchev–Trinajstić information content (AvgIpc) is 2.70. The maximum atomic E-state index is 12.0. The van der Waals surface area contributed by atoms with Crippen LogP contribution in [0.3, 0.4) is 0 Å². The van der Waals surface area contributed by atoms with Crippen LogP contribution in [-0.4, -0.2) is 18.9 Å². The van der Waals surface area contributed by atoms with E-state index in [1.54, 1.807) is 0 Å². The maximum absolute atomic E-state index is 12.0. The van der Waals surface area contributed by atoms with Crippen molar-refractivity contribution in [2.24, 2.45) is 5.92 Å². The van der Waals surface area contributed by atoms with E-state index < -0.39 is 12.8 Å². The largest absolute Gasteiger partial charge is 0.411 e. The Kier molecular flexibility index (Phi) is 6.19. The molecule has 0 bridgehead atoms. The Balaban J connectivity index is 2.18. The first-order chi connectivity index (χ1) is 8.40. The first-order valence-corrected chi connectivity index (χ1v) is 6.75. The van der Waals surface area contributed by atoms with Gasteiger partial charge >= 0.3 is 6.18 Å². The Morgan fingerprint density at radius 3 is 2.67 bits per heavy atom. The zero-order valence-corrected chi connectivity index (χ0v) is 11.1. The summed E-state index contributed by atoms with van der Waals surface area (Å²) in [5.41, 5.74) is 1.23. The van der Waals surface area contributed by atoms with Crippen LogP contribution in [0.5, 0.6) is 0 Å². The van der Waals surface area contributed by atoms with Gasteiger partial charge in [0.25, 0.3) is 0 Å². The molecule has 0 aromatic carbocycles. The SMILES string of the molecule is C=C(CCCC)CC1CCC(OCC(F)(F)F)C1. The Morgan fingerprint density at radius 2 is 2.06 bits per heavy atom. The molecule has 1 rings (SSSR count). The second kappa shape index (κ2) is 7.17. The van der Waals surface area contributed by atoms with Crippen molar-refractivity contribution < 1.29 is 17.9 Å². The van der Waals surface area contributed by atoms with Gasteiger partial charge in [0.15, 0.2) is 0 Å². The highest BCUT2D eigenvalue weighted by atomic mass is 19.4. The van der Waals surface area contributed by atoms with Crippen molar-refractivity contribution >= 4 is 0 Å². The van der Waals surface area contributed by atoms with Gasteiger partial charge in [0.2, 0.25) is 0 Å². The lowest BCUT2D eigenvalue weighted by molar-refractivity contribution is -0.184. The van der Waals surface area contributed by atoms with E-state index in [2.05, 4.69) is 13.5 Å². The van der Waals surface area contributed by atoms with Crippen LogP contribution < -0.4 is 0 Å². The second-order valence-electron chi connectivity index (χ2n) is 5.28. The van der Waals surface area contributed by atoms with E-state index in [9.17, 15) is 13.2 Å². The number of allylic oxidation sites excluding steroid dienone is 1. The van der Waals surface area contributed by atoms with E-state index in [0.717, 1.165) is 44.9 Å². The van der Waals surface area contributed by atoms with Gasteiger partial charge in [0.05, 0.1) is 6.10 Å². The van der Waals surface area contributed by atoms with Gasteiger partial charge in [0, 0.05) is 0 Å². The molecule has 0 aromatic rings. The summed E-state index contributed by atoms with van der Waals surface area (Å²) in [6.45, 7) is 5.08. The lowest BCUT2D eigenvalue weighted by Gasteiger charge is -2.15. The van der Waals surface area contributed by atoms with E-state index >= 15 is 0 Å². The van der Waals surface area contributed by atoms with E-state index in [4.69, 9.17) is 4.74 Å². The molecular weight excluding hydrogens is 241 g/mol. The molecule has 18 heavy (non-hydrogen) atoms. The molecule has 1 fully saturated rings. The topological polar surface area (TPSA) is 9.23 Å². The van der Waals surface area contributed by atoms with Crippen LogP contribution in [0.2, 0.25) is 0 Å². The predicted octanol–water partition coefficient (Wildman–Crippen LogP) is 4.87. The standard InChI is InChI=1S/C14H23F3O/c1-3-4-5-11(2)8-12-6-7-13(9-12)18-10-14(15,16)17/h12-13H,2-10H2,1H3. The monoisotopic (exact) mass is 264 g/mol. The number of halogens is 3. The molecule has 0 saturated heterocycles. The van der Waals surface area contributed by atoms with Crippen LogP contribution in [0.1, 0.15) is 51.9 Å². The fourth-order valence-electron chi connectivity index (χ4n) is 2.52. The molecule has 1 nitrogen and oxygen atoms in total. The van der Waals surface area contributed by atoms with Crippen LogP contribution >= 0.6 is 0 Å². The number of rotatable bonds is 7. The number of ether oxygens (including phenoxy) is 1. The Labute approximate surface area is 107 Å². The number of alkyl halides is 3. The second-order valence-corrected chi connectivity index (χ2v) is 5.28. The van der Waals surface area contributed by atoms with Crippen molar-refractivity contribution in [1.82, 2.24) is 0 Å². The lowest BCUT2D eigenvalue weighted by atomic mass is 9.96. The molecular formula is C14H23F3O. The smallest absolute Gasteiger partial charge is 0.369 e. The van der Waals surface area contributed by atoms with Crippen LogP contribution in [0, 0.1) is 5.92 Å². The summed E-state index contributed by atoms with van der Waals surface area (Å²) in [4.78, 5) is 0. The van der Waals surface area contributed by atoms with Gasteiger partial charge in [-0.1, -0.05) is 25.5 Å². The number of hydrogen-bond donors (Lipinski definition) is 0. The summed E-state index contributed by atoms with van der Waals surface area (Å²) in [6, 6.07) is 0. The molecule has 0 aliphatic heterocycles. The fourth-order valence-corrected chi connectivity index (χ4v) is 2.52. The molecule has 0 N–H and O–H groups in total. The average molecular weight is 264 g/mol. The molecule has 106 valence electrons. The quantitative estimate of drug-likeness (QED) is 0.596. The maximum Gasteiger partial charge on any atom is 0.411 e. The predicted molar refractivity (Wildman–Crippen MR) is 66.4 cm³/mol. The fraction of sp³-hybridized carbons (Fsp3) is 0.857. The molecule has 2 atom stereocenters. The van der Waals surface area contributed by atoms with E-state index in [0.29, 0.717) is 5.92 Å². The number of hydrogen-bond acceptors (Lipinski definition) is 1. The minimum atomic E-state index is -4.21. The lowest BCUT2D eigenvalue weighted by Crippen LogP contribution is -2.21. The van der Waals surface area contributed by atoms with Gasteiger partial charge in [-0.15, -0.1) is 0 Å². The summed E-state index contributed by atoms with van der Waals surface area (Å²) >= 11 is 0. The zero-order chi connectivity index (χ0) is 13.6. The highest BCUT2D eigenvalue weighted by Crippen LogP contribution is 2.33. The van der Waals surface area contributed by atoms with Crippen LogP contribution in [0.25, 0.3) is 0 Å². The first kappa shape index (κ1) is 15.5. The summed E-state index contributed by atoms with van der Waals surface area (Å²) in [7, 11) is 0. The molecule has 0 heterocycles. The third kappa shape index (κ3) is 6.43. The van der Waals surface area contributed by atoms with Gasteiger partial charge < -0.3 is 4.74 Å². The van der Waals surface area contributed by atoms with Gasteiger partial charge in [-0.05, 0) is 44.4 Å². The van der Waals surface area contributed by atoms with Crippen molar-refractivity contribution in [3.8, 4) is 0 Å². The van der Waals surface area contributed by atoms with Crippen molar-refractivity contribution in [2.75, 3.05) is 6.61 Å². The third-order valence-corrected chi connectivity index (χ3v) is 3.44. The van der Waals surface area contributed by atoms with Crippen LogP contribution in [0.4, 0.5) is 13.2 Å². The molecule has 0 amide bonds. The Hall–Kier alpha value is -0.510. The van der Waals surface area contributed by atoms with Crippen LogP contribution in [-0.2, 0) is 4.74 Å². The van der Waals surface area contributed by atoms with Crippen molar-refractivity contribution in [2.45, 2.75) is 64.1 Å². The van der Waals surface area contributed by atoms with Crippen molar-refractivity contribution in [3.63, 3.8) is 0 Å². The number of unbranched alkanes of at least 4 members (excludes halogenated alkanes) is 1. The molecule has 0 spiro atoms. The van der Waals surface area contributed by atoms with Crippen LogP contribution in [0.15, 0.2) is 12.2 Å².